The van der Waals surface area contributed by atoms with Gasteiger partial charge in [0.05, 0.1) is 7.11 Å². The molecule has 0 bridgehead atoms. The second-order valence-corrected chi connectivity index (χ2v) is 6.29. The molecule has 7 heteroatoms. The van der Waals surface area contributed by atoms with Gasteiger partial charge in [-0.25, -0.2) is 9.97 Å². The van der Waals surface area contributed by atoms with Gasteiger partial charge < -0.3 is 15.0 Å². The Balaban J connectivity index is 1.61. The second kappa shape index (κ2) is 9.45. The summed E-state index contributed by atoms with van der Waals surface area (Å²) in [6.45, 7) is 1.13. The van der Waals surface area contributed by atoms with E-state index in [1.807, 2.05) is 36.4 Å². The summed E-state index contributed by atoms with van der Waals surface area (Å²) in [6, 6.07) is 13.3. The van der Waals surface area contributed by atoms with Crippen LogP contribution in [0.1, 0.15) is 21.6 Å². The van der Waals surface area contributed by atoms with Gasteiger partial charge in [0.15, 0.2) is 0 Å². The first-order valence-electron chi connectivity index (χ1n) is 8.99. The van der Waals surface area contributed by atoms with Crippen molar-refractivity contribution in [2.24, 2.45) is 0 Å². The molecule has 1 N–H and O–H groups in total. The minimum Gasteiger partial charge on any atom is -0.496 e. The number of methoxy groups -OCH3 is 1. The van der Waals surface area contributed by atoms with Crippen LogP contribution in [0.15, 0.2) is 61.2 Å². The Labute approximate surface area is 164 Å². The van der Waals surface area contributed by atoms with E-state index >= 15 is 0 Å². The Morgan fingerprint density at radius 1 is 1.14 bits per heavy atom. The van der Waals surface area contributed by atoms with Crippen molar-refractivity contribution in [3.63, 3.8) is 0 Å². The van der Waals surface area contributed by atoms with Gasteiger partial charge in [-0.3, -0.25) is 9.78 Å². The molecule has 0 unspecified atom stereocenters. The fourth-order valence-electron chi connectivity index (χ4n) is 2.75. The number of aromatic nitrogens is 3. The average Bonchev–Trinajstić information content (AvgIpc) is 2.76. The smallest absolute Gasteiger partial charge is 0.272 e. The summed E-state index contributed by atoms with van der Waals surface area (Å²) in [5.74, 6) is 1.25. The van der Waals surface area contributed by atoms with Gasteiger partial charge in [0.2, 0.25) is 0 Å². The molecule has 0 saturated heterocycles. The van der Waals surface area contributed by atoms with Crippen LogP contribution in [0.25, 0.3) is 0 Å². The van der Waals surface area contributed by atoms with Crippen LogP contribution < -0.4 is 10.1 Å². The number of carbonyl (C=O) groups is 1. The van der Waals surface area contributed by atoms with E-state index in [2.05, 4.69) is 20.3 Å². The van der Waals surface area contributed by atoms with Gasteiger partial charge in [0.25, 0.3) is 5.91 Å². The Hall–Kier alpha value is -3.48. The fourth-order valence-corrected chi connectivity index (χ4v) is 2.75. The van der Waals surface area contributed by atoms with Gasteiger partial charge in [-0.15, -0.1) is 0 Å². The summed E-state index contributed by atoms with van der Waals surface area (Å²) in [5.41, 5.74) is 2.50. The summed E-state index contributed by atoms with van der Waals surface area (Å²) in [4.78, 5) is 26.7. The normalized spacial score (nSPS) is 10.4. The lowest BCUT2D eigenvalue weighted by molar-refractivity contribution is 0.0790. The number of likely N-dealkylation sites (N-methyl/N-ethyl adjacent to an activating group) is 1. The molecule has 0 aliphatic carbocycles. The average molecular weight is 377 g/mol. The van der Waals surface area contributed by atoms with E-state index in [-0.39, 0.29) is 5.91 Å². The zero-order valence-electron chi connectivity index (χ0n) is 16.0. The predicted octanol–water partition coefficient (Wildman–Crippen LogP) is 2.81. The number of hydrogen-bond donors (Lipinski definition) is 1. The van der Waals surface area contributed by atoms with Crippen molar-refractivity contribution < 1.29 is 9.53 Å². The van der Waals surface area contributed by atoms with E-state index in [4.69, 9.17) is 4.74 Å². The molecule has 0 aliphatic heterocycles. The lowest BCUT2D eigenvalue weighted by Gasteiger charge is -2.17. The van der Waals surface area contributed by atoms with E-state index in [0.717, 1.165) is 23.3 Å². The minimum absolute atomic E-state index is 0.142. The van der Waals surface area contributed by atoms with E-state index in [9.17, 15) is 4.79 Å². The van der Waals surface area contributed by atoms with Gasteiger partial charge >= 0.3 is 0 Å². The number of benzene rings is 1. The van der Waals surface area contributed by atoms with E-state index in [1.165, 1.54) is 6.33 Å². The first kappa shape index (κ1) is 19.3. The SMILES string of the molecule is COc1ccccc1CNc1cc(C(=O)N(C)CCc2ccncc2)ncn1. The van der Waals surface area contributed by atoms with E-state index in [0.29, 0.717) is 24.6 Å². The Morgan fingerprint density at radius 3 is 2.71 bits per heavy atom. The van der Waals surface area contributed by atoms with Crippen molar-refractivity contribution in [2.45, 2.75) is 13.0 Å². The third-order valence-corrected chi connectivity index (χ3v) is 4.37. The number of ether oxygens (including phenoxy) is 1. The van der Waals surface area contributed by atoms with Crippen molar-refractivity contribution in [1.82, 2.24) is 19.9 Å². The molecule has 3 aromatic rings. The molecule has 2 heterocycles. The number of para-hydroxylation sites is 1. The standard InChI is InChI=1S/C21H23N5O2/c1-26(12-9-16-7-10-22-11-8-16)21(27)18-13-20(25-15-24-18)23-14-17-5-3-4-6-19(17)28-2/h3-8,10-11,13,15H,9,12,14H2,1-2H3,(H,23,24,25). The minimum atomic E-state index is -0.142. The maximum Gasteiger partial charge on any atom is 0.272 e. The van der Waals surface area contributed by atoms with Crippen molar-refractivity contribution in [2.75, 3.05) is 26.0 Å². The molecule has 0 spiro atoms. The first-order chi connectivity index (χ1) is 13.7. The van der Waals surface area contributed by atoms with Crippen molar-refractivity contribution in [1.29, 1.82) is 0 Å². The van der Waals surface area contributed by atoms with Gasteiger partial charge in [-0.1, -0.05) is 18.2 Å². The topological polar surface area (TPSA) is 80.2 Å². The molecule has 0 fully saturated rings. The van der Waals surface area contributed by atoms with Crippen molar-refractivity contribution in [3.8, 4) is 5.75 Å². The molecule has 0 saturated carbocycles. The Morgan fingerprint density at radius 2 is 1.93 bits per heavy atom. The molecule has 144 valence electrons. The number of hydrogen-bond acceptors (Lipinski definition) is 6. The first-order valence-corrected chi connectivity index (χ1v) is 8.99. The third kappa shape index (κ3) is 5.03. The molecule has 28 heavy (non-hydrogen) atoms. The van der Waals surface area contributed by atoms with Gasteiger partial charge in [-0.2, -0.15) is 0 Å². The monoisotopic (exact) mass is 377 g/mol. The summed E-state index contributed by atoms with van der Waals surface area (Å²) in [7, 11) is 3.41. The van der Waals surface area contributed by atoms with Crippen LogP contribution in [0.4, 0.5) is 5.82 Å². The number of anilines is 1. The molecule has 2 aromatic heterocycles. The Bertz CT molecular complexity index is 917. The number of carbonyl (C=O) groups excluding carboxylic acids is 1. The summed E-state index contributed by atoms with van der Waals surface area (Å²) in [5, 5.41) is 3.22. The van der Waals surface area contributed by atoms with Crippen LogP contribution in [0.2, 0.25) is 0 Å². The zero-order chi connectivity index (χ0) is 19.8. The largest absolute Gasteiger partial charge is 0.496 e. The highest BCUT2D eigenvalue weighted by Crippen LogP contribution is 2.18. The molecule has 1 aromatic carbocycles. The van der Waals surface area contributed by atoms with Crippen LogP contribution in [0.5, 0.6) is 5.75 Å². The second-order valence-electron chi connectivity index (χ2n) is 6.29. The van der Waals surface area contributed by atoms with Gasteiger partial charge in [0.1, 0.15) is 23.6 Å². The lowest BCUT2D eigenvalue weighted by Crippen LogP contribution is -2.29. The number of pyridine rings is 1. The van der Waals surface area contributed by atoms with Crippen LogP contribution in [-0.4, -0.2) is 46.5 Å². The van der Waals surface area contributed by atoms with Crippen LogP contribution >= 0.6 is 0 Å². The number of nitrogens with zero attached hydrogens (tertiary/aromatic N) is 4. The fraction of sp³-hybridized carbons (Fsp3) is 0.238. The maximum absolute atomic E-state index is 12.7. The summed E-state index contributed by atoms with van der Waals surface area (Å²) < 4.78 is 5.35. The van der Waals surface area contributed by atoms with Crippen LogP contribution in [0.3, 0.4) is 0 Å². The molecule has 0 radical (unpaired) electrons. The molecule has 0 atom stereocenters. The van der Waals surface area contributed by atoms with E-state index in [1.54, 1.807) is 37.5 Å². The number of nitrogens with one attached hydrogen (secondary N) is 1. The molecule has 7 nitrogen and oxygen atoms in total. The molecular formula is C21H23N5O2. The molecule has 1 amide bonds. The molecule has 3 rings (SSSR count). The highest BCUT2D eigenvalue weighted by atomic mass is 16.5. The van der Waals surface area contributed by atoms with Gasteiger partial charge in [0, 0.05) is 44.2 Å². The zero-order valence-corrected chi connectivity index (χ0v) is 16.0. The van der Waals surface area contributed by atoms with E-state index < -0.39 is 0 Å². The lowest BCUT2D eigenvalue weighted by atomic mass is 10.2. The predicted molar refractivity (Wildman–Crippen MR) is 107 cm³/mol. The van der Waals surface area contributed by atoms with Crippen LogP contribution in [0, 0.1) is 0 Å². The third-order valence-electron chi connectivity index (χ3n) is 4.37. The summed E-state index contributed by atoms with van der Waals surface area (Å²) in [6.07, 6.45) is 5.66. The van der Waals surface area contributed by atoms with Gasteiger partial charge in [-0.05, 0) is 30.2 Å². The quantitative estimate of drug-likeness (QED) is 0.650. The number of amides is 1. The van der Waals surface area contributed by atoms with Crippen LogP contribution in [-0.2, 0) is 13.0 Å². The highest BCUT2D eigenvalue weighted by Gasteiger charge is 2.14. The molecule has 0 aliphatic rings. The maximum atomic E-state index is 12.7. The number of rotatable bonds is 8. The van der Waals surface area contributed by atoms with Crippen molar-refractivity contribution in [3.05, 3.63) is 78.0 Å². The Kier molecular flexibility index (Phi) is 6.51. The highest BCUT2D eigenvalue weighted by molar-refractivity contribution is 5.92. The molecular weight excluding hydrogens is 354 g/mol. The summed E-state index contributed by atoms with van der Waals surface area (Å²) >= 11 is 0. The van der Waals surface area contributed by atoms with Crippen molar-refractivity contribution >= 4 is 11.7 Å².